The van der Waals surface area contributed by atoms with Crippen molar-refractivity contribution in [1.82, 2.24) is 9.88 Å². The smallest absolute Gasteiger partial charge is 0.276 e. The molecule has 1 aliphatic heterocycles. The lowest BCUT2D eigenvalue weighted by atomic mass is 10.1. The number of rotatable bonds is 4. The summed E-state index contributed by atoms with van der Waals surface area (Å²) in [6.45, 7) is 1.42. The highest BCUT2D eigenvalue weighted by molar-refractivity contribution is 6.02. The first-order valence-corrected chi connectivity index (χ1v) is 9.04. The summed E-state index contributed by atoms with van der Waals surface area (Å²) in [5, 5.41) is 21.5. The number of fused-ring (bicyclic) bond motifs is 1. The number of amides is 1. The van der Waals surface area contributed by atoms with Crippen LogP contribution in [0.15, 0.2) is 48.5 Å². The van der Waals surface area contributed by atoms with E-state index in [4.69, 9.17) is 9.47 Å². The number of carbonyl (C=O) groups is 1. The number of aromatic hydroxyl groups is 1. The summed E-state index contributed by atoms with van der Waals surface area (Å²) in [4.78, 5) is 18.6. The lowest BCUT2D eigenvalue weighted by molar-refractivity contribution is 0.0297. The van der Waals surface area contributed by atoms with Crippen LogP contribution in [-0.4, -0.2) is 52.3 Å². The number of hydrogen-bond donors (Lipinski definition) is 2. The van der Waals surface area contributed by atoms with Crippen molar-refractivity contribution in [3.63, 3.8) is 0 Å². The van der Waals surface area contributed by atoms with E-state index in [0.29, 0.717) is 54.3 Å². The Kier molecular flexibility index (Phi) is 5.10. The molecule has 0 atom stereocenters. The van der Waals surface area contributed by atoms with E-state index in [9.17, 15) is 15.0 Å². The Morgan fingerprint density at radius 2 is 1.82 bits per heavy atom. The molecule has 0 aliphatic carbocycles. The third-order valence-electron chi connectivity index (χ3n) is 4.66. The van der Waals surface area contributed by atoms with E-state index in [-0.39, 0.29) is 24.0 Å². The van der Waals surface area contributed by atoms with Gasteiger partial charge in [-0.3, -0.25) is 4.79 Å². The molecule has 3 aromatic rings. The number of para-hydroxylation sites is 1. The number of carbonyl (C=O) groups excluding carboxylic acids is 1. The first-order valence-electron chi connectivity index (χ1n) is 9.04. The van der Waals surface area contributed by atoms with Gasteiger partial charge in [-0.1, -0.05) is 18.2 Å². The van der Waals surface area contributed by atoms with Crippen LogP contribution in [0.1, 0.15) is 16.2 Å². The van der Waals surface area contributed by atoms with Gasteiger partial charge in [0.2, 0.25) is 0 Å². The van der Waals surface area contributed by atoms with Crippen LogP contribution < -0.4 is 4.74 Å². The summed E-state index contributed by atoms with van der Waals surface area (Å²) in [7, 11) is 0. The van der Waals surface area contributed by atoms with Crippen LogP contribution in [0.3, 0.4) is 0 Å². The van der Waals surface area contributed by atoms with Gasteiger partial charge in [0.25, 0.3) is 5.91 Å². The molecule has 1 aliphatic rings. The standard InChI is InChI=1S/C21H20N2O5/c24-13-18-17-12-15(28-14-4-2-1-3-5-14)6-7-16(17)20(25)19(22-18)21(26)23-8-10-27-11-9-23/h1-7,12,24-25H,8-11,13H2. The van der Waals surface area contributed by atoms with Crippen molar-refractivity contribution in [1.29, 1.82) is 0 Å². The molecule has 2 heterocycles. The number of hydrogen-bond acceptors (Lipinski definition) is 6. The van der Waals surface area contributed by atoms with Gasteiger partial charge < -0.3 is 24.6 Å². The van der Waals surface area contributed by atoms with Crippen molar-refractivity contribution < 1.29 is 24.5 Å². The molecule has 4 rings (SSSR count). The Labute approximate surface area is 161 Å². The van der Waals surface area contributed by atoms with Crippen molar-refractivity contribution in [2.24, 2.45) is 0 Å². The van der Waals surface area contributed by atoms with Crippen LogP contribution in [-0.2, 0) is 11.3 Å². The van der Waals surface area contributed by atoms with Crippen LogP contribution in [0.4, 0.5) is 0 Å². The van der Waals surface area contributed by atoms with Gasteiger partial charge in [0.05, 0.1) is 25.5 Å². The monoisotopic (exact) mass is 380 g/mol. The van der Waals surface area contributed by atoms with Gasteiger partial charge in [-0.05, 0) is 30.3 Å². The molecule has 0 radical (unpaired) electrons. The molecule has 2 aromatic carbocycles. The Morgan fingerprint density at radius 1 is 1.07 bits per heavy atom. The molecule has 7 nitrogen and oxygen atoms in total. The third-order valence-corrected chi connectivity index (χ3v) is 4.66. The molecule has 0 saturated carbocycles. The number of benzene rings is 2. The second-order valence-corrected chi connectivity index (χ2v) is 6.44. The minimum Gasteiger partial charge on any atom is -0.505 e. The van der Waals surface area contributed by atoms with Crippen molar-refractivity contribution in [3.05, 3.63) is 59.9 Å². The van der Waals surface area contributed by atoms with Crippen molar-refractivity contribution in [2.45, 2.75) is 6.61 Å². The van der Waals surface area contributed by atoms with Gasteiger partial charge in [0, 0.05) is 23.9 Å². The summed E-state index contributed by atoms with van der Waals surface area (Å²) in [5.74, 6) is 0.641. The molecular weight excluding hydrogens is 360 g/mol. The van der Waals surface area contributed by atoms with E-state index in [2.05, 4.69) is 4.98 Å². The predicted octanol–water partition coefficient (Wildman–Crippen LogP) is 2.70. The van der Waals surface area contributed by atoms with Gasteiger partial charge >= 0.3 is 0 Å². The number of aromatic nitrogens is 1. The highest BCUT2D eigenvalue weighted by atomic mass is 16.5. The normalized spacial score (nSPS) is 14.2. The Balaban J connectivity index is 1.73. The minimum atomic E-state index is -0.373. The van der Waals surface area contributed by atoms with Crippen LogP contribution in [0.2, 0.25) is 0 Å². The van der Waals surface area contributed by atoms with Crippen LogP contribution in [0.25, 0.3) is 10.8 Å². The molecule has 0 bridgehead atoms. The second-order valence-electron chi connectivity index (χ2n) is 6.44. The molecule has 1 fully saturated rings. The first kappa shape index (κ1) is 18.2. The zero-order chi connectivity index (χ0) is 19.5. The van der Waals surface area contributed by atoms with Crippen LogP contribution in [0.5, 0.6) is 17.2 Å². The average Bonchev–Trinajstić information content (AvgIpc) is 2.75. The Bertz CT molecular complexity index is 1000. The topological polar surface area (TPSA) is 92.1 Å². The summed E-state index contributed by atoms with van der Waals surface area (Å²) >= 11 is 0. The fourth-order valence-electron chi connectivity index (χ4n) is 3.22. The number of ether oxygens (including phenoxy) is 2. The number of aliphatic hydroxyl groups is 1. The van der Waals surface area contributed by atoms with Gasteiger partial charge in [-0.25, -0.2) is 4.98 Å². The highest BCUT2D eigenvalue weighted by Gasteiger charge is 2.25. The SMILES string of the molecule is O=C(c1nc(CO)c2cc(Oc3ccccc3)ccc2c1O)N1CCOCC1. The predicted molar refractivity (Wildman–Crippen MR) is 103 cm³/mol. The Morgan fingerprint density at radius 3 is 2.54 bits per heavy atom. The number of morpholine rings is 1. The molecular formula is C21H20N2O5. The molecule has 1 aromatic heterocycles. The van der Waals surface area contributed by atoms with E-state index in [1.54, 1.807) is 23.1 Å². The number of pyridine rings is 1. The number of aliphatic hydroxyl groups excluding tert-OH is 1. The van der Waals surface area contributed by atoms with E-state index in [1.165, 1.54) is 0 Å². The largest absolute Gasteiger partial charge is 0.505 e. The van der Waals surface area contributed by atoms with Crippen LogP contribution in [0, 0.1) is 0 Å². The third kappa shape index (κ3) is 3.49. The van der Waals surface area contributed by atoms with Gasteiger partial charge in [0.1, 0.15) is 11.5 Å². The summed E-state index contributed by atoms with van der Waals surface area (Å²) in [6.07, 6.45) is 0. The molecule has 144 valence electrons. The minimum absolute atomic E-state index is 0.0600. The molecule has 28 heavy (non-hydrogen) atoms. The molecule has 2 N–H and O–H groups in total. The van der Waals surface area contributed by atoms with Crippen molar-refractivity contribution in [3.8, 4) is 17.2 Å². The molecule has 1 amide bonds. The van der Waals surface area contributed by atoms with Crippen molar-refractivity contribution in [2.75, 3.05) is 26.3 Å². The second kappa shape index (κ2) is 7.84. The van der Waals surface area contributed by atoms with E-state index >= 15 is 0 Å². The van der Waals surface area contributed by atoms with E-state index in [1.807, 2.05) is 30.3 Å². The molecule has 1 saturated heterocycles. The van der Waals surface area contributed by atoms with Gasteiger partial charge in [-0.15, -0.1) is 0 Å². The van der Waals surface area contributed by atoms with Gasteiger partial charge in [0.15, 0.2) is 11.4 Å². The quantitative estimate of drug-likeness (QED) is 0.723. The molecule has 0 spiro atoms. The fraction of sp³-hybridized carbons (Fsp3) is 0.238. The maximum Gasteiger partial charge on any atom is 0.276 e. The Hall–Kier alpha value is -3.16. The summed E-state index contributed by atoms with van der Waals surface area (Å²) in [6, 6.07) is 14.4. The molecule has 7 heteroatoms. The first-order chi connectivity index (χ1) is 13.7. The maximum absolute atomic E-state index is 12.8. The average molecular weight is 380 g/mol. The van der Waals surface area contributed by atoms with E-state index < -0.39 is 0 Å². The van der Waals surface area contributed by atoms with E-state index in [0.717, 1.165) is 0 Å². The zero-order valence-electron chi connectivity index (χ0n) is 15.2. The zero-order valence-corrected chi connectivity index (χ0v) is 15.2. The van der Waals surface area contributed by atoms with Gasteiger partial charge in [-0.2, -0.15) is 0 Å². The highest BCUT2D eigenvalue weighted by Crippen LogP contribution is 2.34. The lowest BCUT2D eigenvalue weighted by Gasteiger charge is -2.27. The van der Waals surface area contributed by atoms with Crippen molar-refractivity contribution >= 4 is 16.7 Å². The van der Waals surface area contributed by atoms with Crippen LogP contribution >= 0.6 is 0 Å². The number of nitrogens with zero attached hydrogens (tertiary/aromatic N) is 2. The fourth-order valence-corrected chi connectivity index (χ4v) is 3.22. The summed E-state index contributed by atoms with van der Waals surface area (Å²) < 4.78 is 11.1. The summed E-state index contributed by atoms with van der Waals surface area (Å²) in [5.41, 5.74) is 0.248. The maximum atomic E-state index is 12.8. The molecule has 0 unspecified atom stereocenters. The lowest BCUT2D eigenvalue weighted by Crippen LogP contribution is -2.41.